The summed E-state index contributed by atoms with van der Waals surface area (Å²) in [6.45, 7) is -0.365. The van der Waals surface area contributed by atoms with Crippen LogP contribution >= 0.6 is 11.3 Å². The van der Waals surface area contributed by atoms with Gasteiger partial charge >= 0.3 is 5.97 Å². The topological polar surface area (TPSA) is 134 Å². The number of para-hydroxylation sites is 1. The number of hydrogen-bond acceptors (Lipinski definition) is 8. The molecule has 0 saturated heterocycles. The molecule has 0 unspecified atom stereocenters. The zero-order valence-electron chi connectivity index (χ0n) is 13.3. The molecule has 0 spiro atoms. The average Bonchev–Trinajstić information content (AvgIpc) is 3.27. The summed E-state index contributed by atoms with van der Waals surface area (Å²) in [4.78, 5) is 17.8. The predicted octanol–water partition coefficient (Wildman–Crippen LogP) is 1.85. The first-order chi connectivity index (χ1) is 12.4. The molecule has 9 nitrogen and oxygen atoms in total. The van der Waals surface area contributed by atoms with Crippen LogP contribution in [0.1, 0.15) is 5.56 Å². The summed E-state index contributed by atoms with van der Waals surface area (Å²) in [6.07, 6.45) is 2.64. The number of aromatic amines is 1. The summed E-state index contributed by atoms with van der Waals surface area (Å²) in [5.41, 5.74) is 1.21. The van der Waals surface area contributed by atoms with Crippen molar-refractivity contribution in [2.75, 3.05) is 18.4 Å². The number of aromatic nitrogens is 2. The number of carbonyl (C=O) groups excluding carboxylic acids is 1. The van der Waals surface area contributed by atoms with Gasteiger partial charge in [0.1, 0.15) is 6.07 Å². The van der Waals surface area contributed by atoms with E-state index in [0.29, 0.717) is 22.2 Å². The van der Waals surface area contributed by atoms with E-state index in [1.165, 1.54) is 13.3 Å². The maximum Gasteiger partial charge on any atom is 0.343 e. The molecule has 0 atom stereocenters. The summed E-state index contributed by atoms with van der Waals surface area (Å²) < 4.78 is 37.0. The Morgan fingerprint density at radius 2 is 2.27 bits per heavy atom. The minimum atomic E-state index is -3.92. The molecule has 11 heteroatoms. The van der Waals surface area contributed by atoms with Gasteiger partial charge in [0.2, 0.25) is 0 Å². The first-order valence-corrected chi connectivity index (χ1v) is 9.43. The smallest absolute Gasteiger partial charge is 0.343 e. The van der Waals surface area contributed by atoms with E-state index < -0.39 is 16.0 Å². The highest BCUT2D eigenvalue weighted by atomic mass is 32.2. The van der Waals surface area contributed by atoms with Crippen LogP contribution in [0.15, 0.2) is 34.8 Å². The van der Waals surface area contributed by atoms with Crippen LogP contribution in [0.5, 0.6) is 5.19 Å². The number of sulfonamides is 1. The fraction of sp³-hybridized carbons (Fsp3) is 0.133. The second kappa shape index (κ2) is 7.03. The molecule has 26 heavy (non-hydrogen) atoms. The zero-order chi connectivity index (χ0) is 18.7. The molecule has 1 aromatic carbocycles. The normalized spacial score (nSPS) is 11.1. The van der Waals surface area contributed by atoms with Crippen LogP contribution in [0.25, 0.3) is 10.9 Å². The first kappa shape index (κ1) is 17.7. The Balaban J connectivity index is 1.84. The van der Waals surface area contributed by atoms with E-state index in [0.717, 1.165) is 17.5 Å². The molecule has 0 aliphatic heterocycles. The highest BCUT2D eigenvalue weighted by molar-refractivity contribution is 7.94. The van der Waals surface area contributed by atoms with Gasteiger partial charge in [-0.3, -0.25) is 4.72 Å². The van der Waals surface area contributed by atoms with Crippen LogP contribution in [0.2, 0.25) is 0 Å². The van der Waals surface area contributed by atoms with Gasteiger partial charge in [-0.15, -0.1) is 0 Å². The molecule has 0 radical (unpaired) electrons. The molecule has 2 N–H and O–H groups in total. The molecule has 2 heterocycles. The van der Waals surface area contributed by atoms with Crippen molar-refractivity contribution in [3.63, 3.8) is 0 Å². The number of rotatable bonds is 6. The number of ether oxygens (including phenoxy) is 2. The Hall–Kier alpha value is -3.10. The largest absolute Gasteiger partial charge is 0.466 e. The van der Waals surface area contributed by atoms with Gasteiger partial charge < -0.3 is 14.5 Å². The molecular formula is C15H12N4O5S2. The second-order valence-corrected chi connectivity index (χ2v) is 7.86. The number of nitriles is 1. The maximum atomic E-state index is 12.6. The van der Waals surface area contributed by atoms with Gasteiger partial charge in [-0.05, 0) is 6.07 Å². The molecule has 134 valence electrons. The van der Waals surface area contributed by atoms with Crippen LogP contribution in [0, 0.1) is 11.3 Å². The van der Waals surface area contributed by atoms with Gasteiger partial charge in [-0.25, -0.2) is 18.2 Å². The number of esters is 1. The molecule has 2 aromatic heterocycles. The van der Waals surface area contributed by atoms with E-state index in [2.05, 4.69) is 19.4 Å². The quantitative estimate of drug-likeness (QED) is 0.611. The van der Waals surface area contributed by atoms with Crippen molar-refractivity contribution in [3.8, 4) is 11.3 Å². The number of hydrogen-bond donors (Lipinski definition) is 2. The number of nitrogens with one attached hydrogen (secondary N) is 2. The standard InChI is InChI=1S/C15H12N4O5S2/c1-23-12(20)8-24-15-18-7-13(25-15)26(21,22)19-11-4-2-3-10-9(5-16)6-17-14(10)11/h2-4,6-7,17,19H,8H2,1H3. The molecule has 0 bridgehead atoms. The molecule has 0 fully saturated rings. The van der Waals surface area contributed by atoms with Crippen molar-refractivity contribution < 1.29 is 22.7 Å². The summed E-state index contributed by atoms with van der Waals surface area (Å²) in [6, 6.07) is 6.97. The van der Waals surface area contributed by atoms with Crippen molar-refractivity contribution in [2.45, 2.75) is 4.21 Å². The van der Waals surface area contributed by atoms with Crippen molar-refractivity contribution in [1.82, 2.24) is 9.97 Å². The van der Waals surface area contributed by atoms with Crippen LogP contribution < -0.4 is 9.46 Å². The lowest BCUT2D eigenvalue weighted by atomic mass is 10.2. The fourth-order valence-electron chi connectivity index (χ4n) is 2.14. The molecule has 0 amide bonds. The van der Waals surface area contributed by atoms with Crippen molar-refractivity contribution in [1.29, 1.82) is 5.26 Å². The minimum Gasteiger partial charge on any atom is -0.466 e. The summed E-state index contributed by atoms with van der Waals surface area (Å²) in [5, 5.41) is 9.71. The number of benzene rings is 1. The van der Waals surface area contributed by atoms with Crippen molar-refractivity contribution in [3.05, 3.63) is 36.2 Å². The number of fused-ring (bicyclic) bond motifs is 1. The molecule has 0 saturated carbocycles. The SMILES string of the molecule is COC(=O)COc1ncc(S(=O)(=O)Nc2cccc3c(C#N)c[nH]c23)s1. The predicted molar refractivity (Wildman–Crippen MR) is 93.4 cm³/mol. The number of anilines is 1. The number of methoxy groups -OCH3 is 1. The van der Waals surface area contributed by atoms with Crippen molar-refractivity contribution >= 4 is 43.9 Å². The third-order valence-electron chi connectivity index (χ3n) is 3.35. The Kier molecular flexibility index (Phi) is 4.79. The van der Waals surface area contributed by atoms with E-state index in [1.807, 2.05) is 6.07 Å². The Morgan fingerprint density at radius 3 is 3.00 bits per heavy atom. The summed E-state index contributed by atoms with van der Waals surface area (Å²) in [7, 11) is -2.70. The third kappa shape index (κ3) is 3.46. The van der Waals surface area contributed by atoms with E-state index in [9.17, 15) is 13.2 Å². The number of H-pyrrole nitrogens is 1. The lowest BCUT2D eigenvalue weighted by Crippen LogP contribution is -2.12. The van der Waals surface area contributed by atoms with Crippen LogP contribution in [-0.2, 0) is 19.6 Å². The molecule has 3 aromatic rings. The number of thiazole rings is 1. The van der Waals surface area contributed by atoms with Gasteiger partial charge in [0.05, 0.1) is 30.1 Å². The molecule has 0 aliphatic carbocycles. The van der Waals surface area contributed by atoms with Gasteiger partial charge in [-0.2, -0.15) is 5.26 Å². The van der Waals surface area contributed by atoms with Crippen LogP contribution in [-0.4, -0.2) is 38.1 Å². The van der Waals surface area contributed by atoms with E-state index in [4.69, 9.17) is 10.00 Å². The monoisotopic (exact) mass is 392 g/mol. The molecule has 0 aliphatic rings. The maximum absolute atomic E-state index is 12.6. The molecular weight excluding hydrogens is 380 g/mol. The number of carbonyl (C=O) groups is 1. The summed E-state index contributed by atoms with van der Waals surface area (Å²) in [5.74, 6) is -0.602. The number of nitrogens with zero attached hydrogens (tertiary/aromatic N) is 2. The Bertz CT molecular complexity index is 1110. The highest BCUT2D eigenvalue weighted by Gasteiger charge is 2.21. The van der Waals surface area contributed by atoms with E-state index in [1.54, 1.807) is 18.2 Å². The van der Waals surface area contributed by atoms with Gasteiger partial charge in [0, 0.05) is 11.6 Å². The van der Waals surface area contributed by atoms with Gasteiger partial charge in [0.25, 0.3) is 15.2 Å². The Labute approximate surface area is 152 Å². The second-order valence-electron chi connectivity index (χ2n) is 4.96. The highest BCUT2D eigenvalue weighted by Crippen LogP contribution is 2.30. The lowest BCUT2D eigenvalue weighted by molar-refractivity contribution is -0.142. The zero-order valence-corrected chi connectivity index (χ0v) is 15.0. The van der Waals surface area contributed by atoms with Gasteiger partial charge in [0.15, 0.2) is 10.8 Å². The Morgan fingerprint density at radius 1 is 1.46 bits per heavy atom. The lowest BCUT2D eigenvalue weighted by Gasteiger charge is -2.07. The van der Waals surface area contributed by atoms with Crippen molar-refractivity contribution in [2.24, 2.45) is 0 Å². The average molecular weight is 392 g/mol. The fourth-order valence-corrected chi connectivity index (χ4v) is 4.17. The van der Waals surface area contributed by atoms with Crippen LogP contribution in [0.4, 0.5) is 5.69 Å². The van der Waals surface area contributed by atoms with E-state index >= 15 is 0 Å². The third-order valence-corrected chi connectivity index (χ3v) is 6.09. The molecule has 3 rings (SSSR count). The first-order valence-electron chi connectivity index (χ1n) is 7.13. The van der Waals surface area contributed by atoms with E-state index in [-0.39, 0.29) is 16.0 Å². The van der Waals surface area contributed by atoms with Crippen LogP contribution in [0.3, 0.4) is 0 Å². The van der Waals surface area contributed by atoms with Gasteiger partial charge in [-0.1, -0.05) is 23.5 Å². The minimum absolute atomic E-state index is 0.0284. The summed E-state index contributed by atoms with van der Waals surface area (Å²) >= 11 is 0.773.